The number of rotatable bonds is 10. The van der Waals surface area contributed by atoms with Gasteiger partial charge in [0.15, 0.2) is 29.2 Å². The quantitative estimate of drug-likeness (QED) is 0.188. The number of imidazole rings is 1. The van der Waals surface area contributed by atoms with E-state index in [2.05, 4.69) is 15.3 Å². The van der Waals surface area contributed by atoms with Crippen molar-refractivity contribution >= 4 is 17.1 Å². The van der Waals surface area contributed by atoms with Gasteiger partial charge in [-0.3, -0.25) is 4.57 Å². The first-order valence-corrected chi connectivity index (χ1v) is 14.4. The standard InChI is InChI=1S/C33H33F2N5O5/c1-4-44-27-25-26(40(20-36-25)29-31(2,34)28(42)32(35,19-41)45-29)37-30(38-27)39-33(21-11-7-5-8-12-21,22-13-9-6-10-14-22)23-15-17-24(43-3)18-16-23/h5-18,20,28-29,41-42H,4,19H2,1-3H3,(H,37,38,39)/t28-,29+,31+,32+/m0/s1. The number of methoxy groups -OCH3 is 1. The van der Waals surface area contributed by atoms with Gasteiger partial charge in [-0.25, -0.2) is 13.8 Å². The molecule has 1 aliphatic heterocycles. The maximum atomic E-state index is 15.9. The van der Waals surface area contributed by atoms with Crippen LogP contribution in [0.1, 0.15) is 36.8 Å². The van der Waals surface area contributed by atoms with Crippen LogP contribution < -0.4 is 14.8 Å². The van der Waals surface area contributed by atoms with Gasteiger partial charge in [0.05, 0.1) is 20.0 Å². The molecule has 0 radical (unpaired) electrons. The number of nitrogens with one attached hydrogen (secondary N) is 1. The van der Waals surface area contributed by atoms with E-state index in [9.17, 15) is 10.2 Å². The minimum atomic E-state index is -3.04. The number of halogens is 2. The number of nitrogens with zero attached hydrogens (tertiary/aromatic N) is 4. The molecule has 45 heavy (non-hydrogen) atoms. The van der Waals surface area contributed by atoms with Crippen LogP contribution in [0, 0.1) is 0 Å². The van der Waals surface area contributed by atoms with E-state index in [1.165, 1.54) is 10.9 Å². The van der Waals surface area contributed by atoms with E-state index < -0.39 is 36.0 Å². The van der Waals surface area contributed by atoms with Crippen molar-refractivity contribution in [3.8, 4) is 11.6 Å². The second-order valence-electron chi connectivity index (χ2n) is 10.9. The zero-order valence-corrected chi connectivity index (χ0v) is 24.9. The fourth-order valence-electron chi connectivity index (χ4n) is 5.83. The summed E-state index contributed by atoms with van der Waals surface area (Å²) < 4.78 is 48.9. The number of aromatic nitrogens is 4. The van der Waals surface area contributed by atoms with E-state index >= 15 is 8.78 Å². The number of benzene rings is 3. The molecule has 0 amide bonds. The molecule has 12 heteroatoms. The van der Waals surface area contributed by atoms with E-state index in [-0.39, 0.29) is 29.6 Å². The Bertz CT molecular complexity index is 1730. The molecule has 10 nitrogen and oxygen atoms in total. The first-order valence-electron chi connectivity index (χ1n) is 14.4. The lowest BCUT2D eigenvalue weighted by molar-refractivity contribution is -0.206. The fraction of sp³-hybridized carbons (Fsp3) is 0.303. The molecule has 3 N–H and O–H groups in total. The largest absolute Gasteiger partial charge is 0.497 e. The molecule has 6 rings (SSSR count). The minimum absolute atomic E-state index is 0.0592. The van der Waals surface area contributed by atoms with E-state index in [1.807, 2.05) is 84.9 Å². The van der Waals surface area contributed by atoms with Gasteiger partial charge in [0.2, 0.25) is 11.8 Å². The molecule has 1 fully saturated rings. The highest BCUT2D eigenvalue weighted by Crippen LogP contribution is 2.48. The molecule has 3 heterocycles. The lowest BCUT2D eigenvalue weighted by Gasteiger charge is -2.37. The molecule has 1 saturated heterocycles. The summed E-state index contributed by atoms with van der Waals surface area (Å²) in [6.45, 7) is 1.76. The number of alkyl halides is 2. The van der Waals surface area contributed by atoms with E-state index in [0.29, 0.717) is 5.75 Å². The third kappa shape index (κ3) is 5.04. The molecule has 3 aromatic carbocycles. The Morgan fingerprint density at radius 2 is 1.56 bits per heavy atom. The van der Waals surface area contributed by atoms with Crippen molar-refractivity contribution in [2.45, 2.75) is 43.2 Å². The molecule has 0 saturated carbocycles. The average molecular weight is 618 g/mol. The van der Waals surface area contributed by atoms with Gasteiger partial charge in [0, 0.05) is 0 Å². The highest BCUT2D eigenvalue weighted by atomic mass is 19.2. The van der Waals surface area contributed by atoms with Gasteiger partial charge in [0.25, 0.3) is 5.85 Å². The molecular weight excluding hydrogens is 584 g/mol. The Labute approximate surface area is 258 Å². The maximum absolute atomic E-state index is 15.9. The van der Waals surface area contributed by atoms with Crippen molar-refractivity contribution in [2.24, 2.45) is 0 Å². The zero-order valence-electron chi connectivity index (χ0n) is 24.9. The van der Waals surface area contributed by atoms with Crippen molar-refractivity contribution < 1.29 is 33.2 Å². The van der Waals surface area contributed by atoms with Gasteiger partial charge in [-0.05, 0) is 42.7 Å². The number of ether oxygens (including phenoxy) is 3. The van der Waals surface area contributed by atoms with Crippen LogP contribution in [0.5, 0.6) is 11.6 Å². The van der Waals surface area contributed by atoms with E-state index in [4.69, 9.17) is 19.2 Å². The lowest BCUT2D eigenvalue weighted by atomic mass is 9.77. The molecule has 234 valence electrons. The third-order valence-electron chi connectivity index (χ3n) is 8.11. The Kier molecular flexibility index (Phi) is 7.89. The molecule has 1 aliphatic rings. The molecule has 0 bridgehead atoms. The third-order valence-corrected chi connectivity index (χ3v) is 8.11. The number of hydrogen-bond acceptors (Lipinski definition) is 9. The molecule has 5 aromatic rings. The van der Waals surface area contributed by atoms with Crippen molar-refractivity contribution in [1.29, 1.82) is 0 Å². The molecule has 0 spiro atoms. The van der Waals surface area contributed by atoms with Gasteiger partial charge >= 0.3 is 0 Å². The van der Waals surface area contributed by atoms with Crippen molar-refractivity contribution in [1.82, 2.24) is 19.5 Å². The number of fused-ring (bicyclic) bond motifs is 1. The minimum Gasteiger partial charge on any atom is -0.497 e. The van der Waals surface area contributed by atoms with E-state index in [0.717, 1.165) is 23.6 Å². The first kappa shape index (κ1) is 30.4. The van der Waals surface area contributed by atoms with Crippen LogP contribution in [0.2, 0.25) is 0 Å². The lowest BCUT2D eigenvalue weighted by Crippen LogP contribution is -2.46. The van der Waals surface area contributed by atoms with Gasteiger partial charge in [0.1, 0.15) is 17.9 Å². The van der Waals surface area contributed by atoms with Gasteiger partial charge < -0.3 is 29.7 Å². The van der Waals surface area contributed by atoms with Gasteiger partial charge in [-0.2, -0.15) is 9.97 Å². The summed E-state index contributed by atoms with van der Waals surface area (Å²) in [6, 6.07) is 27.1. The monoisotopic (exact) mass is 617 g/mol. The first-order chi connectivity index (χ1) is 21.7. The fourth-order valence-corrected chi connectivity index (χ4v) is 5.83. The van der Waals surface area contributed by atoms with Gasteiger partial charge in [-0.15, -0.1) is 0 Å². The predicted octanol–water partition coefficient (Wildman–Crippen LogP) is 4.91. The van der Waals surface area contributed by atoms with Crippen LogP contribution in [0.4, 0.5) is 14.7 Å². The summed E-state index contributed by atoms with van der Waals surface area (Å²) in [5.74, 6) is -2.18. The summed E-state index contributed by atoms with van der Waals surface area (Å²) in [5.41, 5.74) is -0.928. The number of aliphatic hydroxyl groups excluding tert-OH is 2. The summed E-state index contributed by atoms with van der Waals surface area (Å²) in [7, 11) is 1.60. The maximum Gasteiger partial charge on any atom is 0.263 e. The average Bonchev–Trinajstić information content (AvgIpc) is 3.57. The summed E-state index contributed by atoms with van der Waals surface area (Å²) in [5, 5.41) is 23.6. The smallest absolute Gasteiger partial charge is 0.263 e. The van der Waals surface area contributed by atoms with Crippen LogP contribution in [0.3, 0.4) is 0 Å². The van der Waals surface area contributed by atoms with Crippen LogP contribution >= 0.6 is 0 Å². The van der Waals surface area contributed by atoms with Crippen LogP contribution in [0.25, 0.3) is 11.2 Å². The Morgan fingerprint density at radius 3 is 2.09 bits per heavy atom. The normalized spacial score (nSPS) is 23.3. The number of hydrogen-bond donors (Lipinski definition) is 3. The molecule has 0 unspecified atom stereocenters. The van der Waals surface area contributed by atoms with Crippen molar-refractivity contribution in [3.05, 3.63) is 108 Å². The topological polar surface area (TPSA) is 124 Å². The number of anilines is 1. The highest BCUT2D eigenvalue weighted by Gasteiger charge is 2.64. The summed E-state index contributed by atoms with van der Waals surface area (Å²) >= 11 is 0. The van der Waals surface area contributed by atoms with Crippen molar-refractivity contribution in [3.63, 3.8) is 0 Å². The molecule has 0 aliphatic carbocycles. The zero-order chi connectivity index (χ0) is 31.8. The predicted molar refractivity (Wildman–Crippen MR) is 162 cm³/mol. The van der Waals surface area contributed by atoms with Crippen LogP contribution in [0.15, 0.2) is 91.3 Å². The summed E-state index contributed by atoms with van der Waals surface area (Å²) in [4.78, 5) is 13.8. The molecule has 2 aromatic heterocycles. The SMILES string of the molecule is CCOc1nc(NC(c2ccccc2)(c2ccccc2)c2ccc(OC)cc2)nc2c1ncn2[C@@H]1O[C@](F)(CO)[C@@H](O)[C@@]1(C)F. The second kappa shape index (κ2) is 11.7. The highest BCUT2D eigenvalue weighted by molar-refractivity contribution is 5.78. The molecule has 4 atom stereocenters. The van der Waals surface area contributed by atoms with E-state index in [1.54, 1.807) is 14.0 Å². The van der Waals surface area contributed by atoms with Gasteiger partial charge in [-0.1, -0.05) is 72.8 Å². The van der Waals surface area contributed by atoms with Crippen molar-refractivity contribution in [2.75, 3.05) is 25.6 Å². The van der Waals surface area contributed by atoms with Crippen LogP contribution in [-0.4, -0.2) is 67.7 Å². The number of aliphatic hydroxyl groups is 2. The Morgan fingerprint density at radius 1 is 0.956 bits per heavy atom. The Hall–Kier alpha value is -4.65. The molecular formula is C33H33F2N5O5. The van der Waals surface area contributed by atoms with Crippen LogP contribution in [-0.2, 0) is 10.3 Å². The Balaban J connectivity index is 1.58. The second-order valence-corrected chi connectivity index (χ2v) is 10.9. The summed E-state index contributed by atoms with van der Waals surface area (Å²) in [6.07, 6.45) is -2.78.